The monoisotopic (exact) mass is 630 g/mol. The number of carbonyl (C=O) groups is 1. The van der Waals surface area contributed by atoms with E-state index >= 15 is 0 Å². The zero-order chi connectivity index (χ0) is 31.5. The minimum atomic E-state index is -4.43. The maximum Gasteiger partial charge on any atom is 0.416 e. The van der Waals surface area contributed by atoms with Crippen LogP contribution in [0, 0.1) is 0 Å². The second kappa shape index (κ2) is 12.9. The Morgan fingerprint density at radius 1 is 1.00 bits per heavy atom. The Bertz CT molecular complexity index is 1570. The van der Waals surface area contributed by atoms with E-state index in [9.17, 15) is 26.4 Å². The van der Waals surface area contributed by atoms with Crippen molar-refractivity contribution in [1.29, 1.82) is 0 Å². The van der Waals surface area contributed by atoms with E-state index in [4.69, 9.17) is 14.2 Å². The molecule has 2 aliphatic rings. The van der Waals surface area contributed by atoms with Gasteiger partial charge in [0.15, 0.2) is 9.84 Å². The number of rotatable bonds is 11. The summed E-state index contributed by atoms with van der Waals surface area (Å²) in [6.07, 6.45) is -4.37. The summed E-state index contributed by atoms with van der Waals surface area (Å²) in [6.45, 7) is 7.33. The van der Waals surface area contributed by atoms with E-state index in [1.54, 1.807) is 31.2 Å². The lowest BCUT2D eigenvalue weighted by Crippen LogP contribution is -2.39. The third kappa shape index (κ3) is 7.36. The molecule has 0 radical (unpaired) electrons. The number of benzene rings is 3. The lowest BCUT2D eigenvalue weighted by atomic mass is 10.1. The number of nitrogens with one attached hydrogen (secondary N) is 1. The van der Waals surface area contributed by atoms with Gasteiger partial charge in [-0.05, 0) is 66.2 Å². The van der Waals surface area contributed by atoms with Gasteiger partial charge in [0.2, 0.25) is 0 Å². The van der Waals surface area contributed by atoms with Crippen LogP contribution < -0.4 is 15.0 Å². The third-order valence-electron chi connectivity index (χ3n) is 7.62. The summed E-state index contributed by atoms with van der Waals surface area (Å²) < 4.78 is 80.2. The Morgan fingerprint density at radius 3 is 2.23 bits per heavy atom. The van der Waals surface area contributed by atoms with Crippen LogP contribution in [0.3, 0.4) is 0 Å². The van der Waals surface area contributed by atoms with Crippen LogP contribution in [-0.2, 0) is 32.0 Å². The number of alkyl halides is 3. The fourth-order valence-corrected chi connectivity index (χ4v) is 5.92. The fraction of sp³-hybridized carbons (Fsp3) is 0.344. The first-order valence-corrected chi connectivity index (χ1v) is 15.8. The average molecular weight is 631 g/mol. The van der Waals surface area contributed by atoms with E-state index in [-0.39, 0.29) is 41.4 Å². The van der Waals surface area contributed by atoms with Crippen LogP contribution in [0.4, 0.5) is 18.9 Å². The molecule has 0 aliphatic carbocycles. The molecule has 8 nitrogen and oxygen atoms in total. The van der Waals surface area contributed by atoms with Crippen LogP contribution >= 0.6 is 0 Å². The first-order chi connectivity index (χ1) is 20.9. The maximum atomic E-state index is 13.0. The van der Waals surface area contributed by atoms with Crippen molar-refractivity contribution in [2.24, 2.45) is 0 Å². The number of hydrogen-bond acceptors (Lipinski definition) is 7. The lowest BCUT2D eigenvalue weighted by Gasteiger charge is -2.33. The summed E-state index contributed by atoms with van der Waals surface area (Å²) in [5.74, 6) is 0.592. The summed E-state index contributed by atoms with van der Waals surface area (Å²) >= 11 is 0. The molecule has 0 unspecified atom stereocenters. The molecule has 0 spiro atoms. The highest BCUT2D eigenvalue weighted by molar-refractivity contribution is 7.91. The van der Waals surface area contributed by atoms with Gasteiger partial charge in [-0.15, -0.1) is 0 Å². The second-order valence-corrected chi connectivity index (χ2v) is 13.0. The number of sulfone groups is 1. The van der Waals surface area contributed by atoms with Crippen LogP contribution in [0.1, 0.15) is 34.8 Å². The number of hydrogen-bond donors (Lipinski definition) is 1. The van der Waals surface area contributed by atoms with Gasteiger partial charge in [-0.1, -0.05) is 25.6 Å². The minimum absolute atomic E-state index is 0.0146. The number of anilines is 1. The molecule has 0 bridgehead atoms. The molecule has 2 fully saturated rings. The summed E-state index contributed by atoms with van der Waals surface area (Å²) in [4.78, 5) is 15.1. The highest BCUT2D eigenvalue weighted by atomic mass is 32.2. The molecular formula is C32H33F3N2O6S. The van der Waals surface area contributed by atoms with Crippen molar-refractivity contribution < 1.29 is 40.6 Å². The minimum Gasteiger partial charge on any atom is -0.488 e. The van der Waals surface area contributed by atoms with Crippen LogP contribution in [0.15, 0.2) is 90.0 Å². The van der Waals surface area contributed by atoms with Crippen molar-refractivity contribution >= 4 is 21.4 Å². The Hall–Kier alpha value is -4.03. The highest BCUT2D eigenvalue weighted by Gasteiger charge is 2.38. The SMILES string of the molecule is C=C(OC1COC1)[C@@H]1C[C@@H](Oc2ccc(C(F)(F)F)cc2)CN1c1ccc(C(=O)NCc2ccc(S(=O)(=O)CC)cc2)cc1. The molecule has 1 N–H and O–H groups in total. The number of nitrogens with zero attached hydrogens (tertiary/aromatic N) is 1. The number of carbonyl (C=O) groups excluding carboxylic acids is 1. The molecule has 44 heavy (non-hydrogen) atoms. The number of amides is 1. The predicted molar refractivity (Wildman–Crippen MR) is 158 cm³/mol. The zero-order valence-corrected chi connectivity index (χ0v) is 24.9. The predicted octanol–water partition coefficient (Wildman–Crippen LogP) is 5.38. The van der Waals surface area contributed by atoms with Crippen molar-refractivity contribution in [1.82, 2.24) is 5.32 Å². The van der Waals surface area contributed by atoms with Crippen molar-refractivity contribution in [2.75, 3.05) is 30.4 Å². The van der Waals surface area contributed by atoms with Gasteiger partial charge in [0, 0.05) is 24.2 Å². The van der Waals surface area contributed by atoms with Gasteiger partial charge < -0.3 is 24.4 Å². The Labute approximate surface area is 254 Å². The van der Waals surface area contributed by atoms with Crippen LogP contribution in [-0.4, -0.2) is 58.1 Å². The van der Waals surface area contributed by atoms with Gasteiger partial charge in [-0.25, -0.2) is 8.42 Å². The smallest absolute Gasteiger partial charge is 0.416 e. The van der Waals surface area contributed by atoms with Gasteiger partial charge in [-0.2, -0.15) is 13.2 Å². The highest BCUT2D eigenvalue weighted by Crippen LogP contribution is 2.34. The van der Waals surface area contributed by atoms with Crippen molar-refractivity contribution in [3.63, 3.8) is 0 Å². The fourth-order valence-electron chi connectivity index (χ4n) is 5.03. The van der Waals surface area contributed by atoms with E-state index in [1.807, 2.05) is 17.0 Å². The van der Waals surface area contributed by atoms with Crippen LogP contribution in [0.5, 0.6) is 5.75 Å². The molecule has 2 heterocycles. The van der Waals surface area contributed by atoms with Gasteiger partial charge in [0.1, 0.15) is 23.7 Å². The molecule has 5 rings (SSSR count). The normalized spacial score (nSPS) is 18.9. The molecule has 0 saturated carbocycles. The van der Waals surface area contributed by atoms with Crippen molar-refractivity contribution in [3.05, 3.63) is 102 Å². The lowest BCUT2D eigenvalue weighted by molar-refractivity contribution is -0.137. The van der Waals surface area contributed by atoms with Gasteiger partial charge >= 0.3 is 6.18 Å². The van der Waals surface area contributed by atoms with E-state index in [0.717, 1.165) is 23.4 Å². The molecule has 3 aromatic rings. The summed E-state index contributed by atoms with van der Waals surface area (Å²) in [5, 5.41) is 2.85. The van der Waals surface area contributed by atoms with E-state index in [2.05, 4.69) is 11.9 Å². The Kier molecular flexibility index (Phi) is 9.21. The number of halogens is 3. The average Bonchev–Trinajstić information content (AvgIpc) is 3.41. The maximum absolute atomic E-state index is 13.0. The van der Waals surface area contributed by atoms with Crippen molar-refractivity contribution in [3.8, 4) is 5.75 Å². The zero-order valence-electron chi connectivity index (χ0n) is 24.0. The Morgan fingerprint density at radius 2 is 1.66 bits per heavy atom. The molecule has 2 atom stereocenters. The standard InChI is InChI=1S/C32H33F3N2O6S/c1-3-44(39,40)29-14-4-22(5-15-29)17-36-31(38)23-6-10-25(11-7-23)37-18-27(16-30(37)21(2)42-28-19-41-20-28)43-26-12-8-24(9-13-26)32(33,34)35/h4-15,27-28,30H,2-3,16-20H2,1H3,(H,36,38)/t27-,30+/m1/s1. The van der Waals surface area contributed by atoms with Crippen LogP contribution in [0.2, 0.25) is 0 Å². The summed E-state index contributed by atoms with van der Waals surface area (Å²) in [7, 11) is -3.30. The summed E-state index contributed by atoms with van der Waals surface area (Å²) in [6, 6.07) is 17.8. The Balaban J connectivity index is 1.24. The second-order valence-electron chi connectivity index (χ2n) is 10.7. The molecule has 2 aliphatic heterocycles. The molecule has 234 valence electrons. The molecule has 1 amide bonds. The molecular weight excluding hydrogens is 597 g/mol. The molecule has 0 aromatic heterocycles. The van der Waals surface area contributed by atoms with Gasteiger partial charge in [0.05, 0.1) is 42.0 Å². The quantitative estimate of drug-likeness (QED) is 0.284. The van der Waals surface area contributed by atoms with E-state index < -0.39 is 21.6 Å². The first kappa shape index (κ1) is 31.4. The first-order valence-electron chi connectivity index (χ1n) is 14.2. The number of ether oxygens (including phenoxy) is 3. The van der Waals surface area contributed by atoms with E-state index in [0.29, 0.717) is 43.3 Å². The van der Waals surface area contributed by atoms with Crippen LogP contribution in [0.25, 0.3) is 0 Å². The topological polar surface area (TPSA) is 94.2 Å². The van der Waals surface area contributed by atoms with Gasteiger partial charge in [-0.3, -0.25) is 4.79 Å². The summed E-state index contributed by atoms with van der Waals surface area (Å²) in [5.41, 5.74) is 1.26. The molecule has 2 saturated heterocycles. The molecule has 3 aromatic carbocycles. The van der Waals surface area contributed by atoms with Gasteiger partial charge in [0.25, 0.3) is 5.91 Å². The van der Waals surface area contributed by atoms with Crippen molar-refractivity contribution in [2.45, 2.75) is 49.2 Å². The van der Waals surface area contributed by atoms with E-state index in [1.165, 1.54) is 24.3 Å². The largest absolute Gasteiger partial charge is 0.488 e. The third-order valence-corrected chi connectivity index (χ3v) is 9.37. The molecule has 12 heteroatoms.